The van der Waals surface area contributed by atoms with Gasteiger partial charge in [0.2, 0.25) is 5.91 Å². The van der Waals surface area contributed by atoms with Crippen LogP contribution in [-0.2, 0) is 4.79 Å². The maximum absolute atomic E-state index is 13.4. The van der Waals surface area contributed by atoms with Crippen molar-refractivity contribution >= 4 is 17.7 Å². The fraction of sp³-hybridized carbons (Fsp3) is 0.263. The highest BCUT2D eigenvalue weighted by atomic mass is 32.2. The van der Waals surface area contributed by atoms with Crippen molar-refractivity contribution in [3.63, 3.8) is 0 Å². The molecular weight excluding hydrogens is 365 g/mol. The van der Waals surface area contributed by atoms with Gasteiger partial charge < -0.3 is 4.90 Å². The van der Waals surface area contributed by atoms with Crippen LogP contribution in [0, 0.1) is 5.82 Å². The van der Waals surface area contributed by atoms with Crippen LogP contribution < -0.4 is 0 Å². The maximum atomic E-state index is 13.4. The van der Waals surface area contributed by atoms with Gasteiger partial charge in [-0.25, -0.2) is 4.39 Å². The largest absolute Gasteiger partial charge is 0.342 e. The summed E-state index contributed by atoms with van der Waals surface area (Å²) in [6.45, 7) is 1.65. The number of likely N-dealkylation sites (tertiary alicyclic amines) is 1. The summed E-state index contributed by atoms with van der Waals surface area (Å²) in [7, 11) is 0. The van der Waals surface area contributed by atoms with Gasteiger partial charge in [-0.15, -0.1) is 10.2 Å². The number of nitrogens with zero attached hydrogens (tertiary/aromatic N) is 5. The Morgan fingerprint density at radius 2 is 1.74 bits per heavy atom. The normalized spacial score (nSPS) is 13.9. The van der Waals surface area contributed by atoms with Crippen LogP contribution in [-0.4, -0.2) is 49.4 Å². The van der Waals surface area contributed by atoms with E-state index >= 15 is 0 Å². The quantitative estimate of drug-likeness (QED) is 0.633. The van der Waals surface area contributed by atoms with Crippen molar-refractivity contribution in [3.05, 3.63) is 54.6 Å². The summed E-state index contributed by atoms with van der Waals surface area (Å²) in [6, 6.07) is 9.83. The van der Waals surface area contributed by atoms with Crippen molar-refractivity contribution in [1.82, 2.24) is 24.6 Å². The Bertz CT molecular complexity index is 923. The van der Waals surface area contributed by atoms with Gasteiger partial charge in [-0.3, -0.25) is 14.3 Å². The number of carbonyl (C=O) groups is 1. The number of halogens is 1. The van der Waals surface area contributed by atoms with Gasteiger partial charge in [0, 0.05) is 36.7 Å². The van der Waals surface area contributed by atoms with E-state index in [1.54, 1.807) is 24.5 Å². The lowest BCUT2D eigenvalue weighted by atomic mass is 10.2. The maximum Gasteiger partial charge on any atom is 0.233 e. The SMILES string of the molecule is O=C(CSc1nnc(-c2ccncc2)n1-c1ccc(F)cc1)N1CCCC1. The molecule has 138 valence electrons. The van der Waals surface area contributed by atoms with Gasteiger partial charge in [0.25, 0.3) is 0 Å². The van der Waals surface area contributed by atoms with E-state index in [2.05, 4.69) is 15.2 Å². The van der Waals surface area contributed by atoms with Crippen molar-refractivity contribution in [2.24, 2.45) is 0 Å². The second-order valence-electron chi connectivity index (χ2n) is 6.23. The molecule has 0 unspecified atom stereocenters. The molecule has 3 heterocycles. The van der Waals surface area contributed by atoms with Gasteiger partial charge in [-0.1, -0.05) is 11.8 Å². The second kappa shape index (κ2) is 7.87. The highest BCUT2D eigenvalue weighted by molar-refractivity contribution is 7.99. The van der Waals surface area contributed by atoms with Gasteiger partial charge in [0.05, 0.1) is 5.75 Å². The van der Waals surface area contributed by atoms with E-state index in [0.29, 0.717) is 16.7 Å². The summed E-state index contributed by atoms with van der Waals surface area (Å²) < 4.78 is 15.2. The van der Waals surface area contributed by atoms with E-state index in [1.807, 2.05) is 21.6 Å². The van der Waals surface area contributed by atoms with E-state index in [-0.39, 0.29) is 11.7 Å². The lowest BCUT2D eigenvalue weighted by Crippen LogP contribution is -2.29. The van der Waals surface area contributed by atoms with E-state index < -0.39 is 0 Å². The number of hydrogen-bond acceptors (Lipinski definition) is 5. The minimum Gasteiger partial charge on any atom is -0.342 e. The number of amides is 1. The van der Waals surface area contributed by atoms with E-state index in [1.165, 1.54) is 23.9 Å². The molecule has 1 saturated heterocycles. The van der Waals surface area contributed by atoms with E-state index in [0.717, 1.165) is 37.2 Å². The minimum absolute atomic E-state index is 0.108. The monoisotopic (exact) mass is 383 g/mol. The van der Waals surface area contributed by atoms with Crippen molar-refractivity contribution < 1.29 is 9.18 Å². The van der Waals surface area contributed by atoms with E-state index in [9.17, 15) is 9.18 Å². The zero-order chi connectivity index (χ0) is 18.6. The zero-order valence-corrected chi connectivity index (χ0v) is 15.4. The highest BCUT2D eigenvalue weighted by Gasteiger charge is 2.21. The Labute approximate surface area is 160 Å². The number of benzene rings is 1. The van der Waals surface area contributed by atoms with Gasteiger partial charge in [-0.05, 0) is 49.2 Å². The molecule has 0 radical (unpaired) electrons. The molecule has 0 aliphatic carbocycles. The Hall–Kier alpha value is -2.74. The molecule has 1 aromatic carbocycles. The van der Waals surface area contributed by atoms with Gasteiger partial charge in [0.15, 0.2) is 11.0 Å². The number of carbonyl (C=O) groups excluding carboxylic acids is 1. The van der Waals surface area contributed by atoms with Crippen LogP contribution in [0.2, 0.25) is 0 Å². The average Bonchev–Trinajstić information content (AvgIpc) is 3.38. The second-order valence-corrected chi connectivity index (χ2v) is 7.17. The topological polar surface area (TPSA) is 63.9 Å². The minimum atomic E-state index is -0.310. The number of aromatic nitrogens is 4. The smallest absolute Gasteiger partial charge is 0.233 e. The molecule has 2 aromatic heterocycles. The molecular formula is C19H18FN5OS. The van der Waals surface area contributed by atoms with Gasteiger partial charge >= 0.3 is 0 Å². The lowest BCUT2D eigenvalue weighted by Gasteiger charge is -2.15. The Morgan fingerprint density at radius 1 is 1.04 bits per heavy atom. The summed E-state index contributed by atoms with van der Waals surface area (Å²) in [5.74, 6) is 0.725. The predicted molar refractivity (Wildman–Crippen MR) is 101 cm³/mol. The molecule has 27 heavy (non-hydrogen) atoms. The third-order valence-electron chi connectivity index (χ3n) is 4.44. The first-order valence-corrected chi connectivity index (χ1v) is 9.73. The Morgan fingerprint density at radius 3 is 2.44 bits per heavy atom. The Kier molecular flexibility index (Phi) is 5.15. The Balaban J connectivity index is 1.65. The molecule has 3 aromatic rings. The molecule has 1 amide bonds. The summed E-state index contributed by atoms with van der Waals surface area (Å²) in [4.78, 5) is 18.3. The molecule has 1 aliphatic heterocycles. The van der Waals surface area contributed by atoms with Crippen molar-refractivity contribution in [2.45, 2.75) is 18.0 Å². The molecule has 0 spiro atoms. The van der Waals surface area contributed by atoms with Crippen LogP contribution in [0.4, 0.5) is 4.39 Å². The summed E-state index contributed by atoms with van der Waals surface area (Å²) in [5, 5.41) is 9.19. The summed E-state index contributed by atoms with van der Waals surface area (Å²) in [6.07, 6.45) is 5.49. The molecule has 0 atom stereocenters. The van der Waals surface area contributed by atoms with Crippen molar-refractivity contribution in [3.8, 4) is 17.1 Å². The third-order valence-corrected chi connectivity index (χ3v) is 5.35. The standard InChI is InChI=1S/C19H18FN5OS/c20-15-3-5-16(6-4-15)25-18(14-7-9-21-10-8-14)22-23-19(25)27-13-17(26)24-11-1-2-12-24/h3-10H,1-2,11-13H2. The van der Waals surface area contributed by atoms with Crippen LogP contribution in [0.1, 0.15) is 12.8 Å². The van der Waals surface area contributed by atoms with Gasteiger partial charge in [-0.2, -0.15) is 0 Å². The third kappa shape index (κ3) is 3.85. The highest BCUT2D eigenvalue weighted by Crippen LogP contribution is 2.28. The number of thioether (sulfide) groups is 1. The van der Waals surface area contributed by atoms with E-state index in [4.69, 9.17) is 0 Å². The van der Waals surface area contributed by atoms with Crippen LogP contribution >= 0.6 is 11.8 Å². The average molecular weight is 383 g/mol. The molecule has 4 rings (SSSR count). The van der Waals surface area contributed by atoms with Crippen molar-refractivity contribution in [1.29, 1.82) is 0 Å². The zero-order valence-electron chi connectivity index (χ0n) is 14.6. The van der Waals surface area contributed by atoms with Crippen LogP contribution in [0.25, 0.3) is 17.1 Å². The van der Waals surface area contributed by atoms with Crippen LogP contribution in [0.3, 0.4) is 0 Å². The molecule has 1 fully saturated rings. The molecule has 6 nitrogen and oxygen atoms in total. The van der Waals surface area contributed by atoms with Gasteiger partial charge in [0.1, 0.15) is 5.82 Å². The number of pyridine rings is 1. The summed E-state index contributed by atoms with van der Waals surface area (Å²) >= 11 is 1.35. The molecule has 0 bridgehead atoms. The molecule has 0 saturated carbocycles. The fourth-order valence-electron chi connectivity index (χ4n) is 3.06. The first kappa shape index (κ1) is 17.7. The summed E-state index contributed by atoms with van der Waals surface area (Å²) in [5.41, 5.74) is 1.59. The van der Waals surface area contributed by atoms with Crippen LogP contribution in [0.15, 0.2) is 53.9 Å². The predicted octanol–water partition coefficient (Wildman–Crippen LogP) is 3.18. The lowest BCUT2D eigenvalue weighted by molar-refractivity contribution is -0.127. The number of hydrogen-bond donors (Lipinski definition) is 0. The number of rotatable bonds is 5. The molecule has 8 heteroatoms. The first-order chi connectivity index (χ1) is 13.2. The molecule has 1 aliphatic rings. The molecule has 0 N–H and O–H groups in total. The first-order valence-electron chi connectivity index (χ1n) is 8.75. The van der Waals surface area contributed by atoms with Crippen molar-refractivity contribution in [2.75, 3.05) is 18.8 Å². The fourth-order valence-corrected chi connectivity index (χ4v) is 3.91. The van der Waals surface area contributed by atoms with Crippen LogP contribution in [0.5, 0.6) is 0 Å².